The van der Waals surface area contributed by atoms with Gasteiger partial charge in [-0.1, -0.05) is 41.6 Å². The Balaban J connectivity index is 2.49. The van der Waals surface area contributed by atoms with E-state index >= 15 is 0 Å². The minimum absolute atomic E-state index is 0.00688. The molecular weight excluding hydrogens is 302 g/mol. The minimum Gasteiger partial charge on any atom is -0.508 e. The van der Waals surface area contributed by atoms with Gasteiger partial charge in [-0.3, -0.25) is 4.57 Å². The number of aromatic nitrogens is 1. The number of benzene rings is 2. The second kappa shape index (κ2) is 6.12. The summed E-state index contributed by atoms with van der Waals surface area (Å²) in [5.74, 6) is 0.218. The Morgan fingerprint density at radius 3 is 2.42 bits per heavy atom. The molecule has 0 radical (unpaired) electrons. The van der Waals surface area contributed by atoms with Gasteiger partial charge in [-0.05, 0) is 43.2 Å². The van der Waals surface area contributed by atoms with Crippen molar-refractivity contribution in [1.82, 2.24) is 4.57 Å². The van der Waals surface area contributed by atoms with Crippen molar-refractivity contribution in [3.63, 3.8) is 0 Å². The van der Waals surface area contributed by atoms with E-state index in [1.54, 1.807) is 16.7 Å². The number of nitrogens with zero attached hydrogens (tertiary/aromatic N) is 2. The number of hydrogen-bond donors (Lipinski definition) is 3. The first-order chi connectivity index (χ1) is 11.6. The normalized spacial score (nSPS) is 12.8. The Hall–Kier alpha value is -3.21. The first-order valence-corrected chi connectivity index (χ1v) is 7.62. The van der Waals surface area contributed by atoms with Crippen LogP contribution >= 0.6 is 0 Å². The molecule has 5 nitrogen and oxygen atoms in total. The third kappa shape index (κ3) is 2.40. The summed E-state index contributed by atoms with van der Waals surface area (Å²) in [6.07, 6.45) is 1.99. The van der Waals surface area contributed by atoms with Gasteiger partial charge in [0.2, 0.25) is 5.96 Å². The highest BCUT2D eigenvalue weighted by molar-refractivity contribution is 6.07. The number of nitrogens with two attached hydrogens (primary N) is 1. The monoisotopic (exact) mass is 321 g/mol. The molecule has 0 aliphatic heterocycles. The van der Waals surface area contributed by atoms with Gasteiger partial charge < -0.3 is 16.0 Å². The summed E-state index contributed by atoms with van der Waals surface area (Å²) in [4.78, 5) is 0. The van der Waals surface area contributed by atoms with Crippen LogP contribution in [0.4, 0.5) is 0 Å². The number of allylic oxidation sites excluding steroid dienone is 2. The molecule has 0 aliphatic carbocycles. The van der Waals surface area contributed by atoms with Gasteiger partial charge >= 0.3 is 0 Å². The largest absolute Gasteiger partial charge is 0.508 e. The maximum absolute atomic E-state index is 9.58. The Morgan fingerprint density at radius 2 is 1.79 bits per heavy atom. The van der Waals surface area contributed by atoms with E-state index in [0.29, 0.717) is 0 Å². The van der Waals surface area contributed by atoms with E-state index in [1.165, 1.54) is 0 Å². The van der Waals surface area contributed by atoms with Crippen molar-refractivity contribution >= 4 is 22.4 Å². The molecule has 0 bridgehead atoms. The van der Waals surface area contributed by atoms with E-state index in [1.807, 2.05) is 56.3 Å². The number of rotatable bonds is 2. The number of para-hydroxylation sites is 1. The van der Waals surface area contributed by atoms with Crippen LogP contribution in [0.3, 0.4) is 0 Å². The fourth-order valence-corrected chi connectivity index (χ4v) is 2.95. The van der Waals surface area contributed by atoms with Gasteiger partial charge in [0.05, 0.1) is 11.2 Å². The van der Waals surface area contributed by atoms with Crippen LogP contribution in [-0.2, 0) is 0 Å². The Labute approximate surface area is 140 Å². The highest BCUT2D eigenvalue weighted by Crippen LogP contribution is 2.38. The molecular formula is C19H19N3O2. The second-order valence-corrected chi connectivity index (χ2v) is 5.55. The number of phenolic OH excluding ortho intramolecular Hbond substituents is 1. The van der Waals surface area contributed by atoms with E-state index in [2.05, 4.69) is 5.16 Å². The first-order valence-electron chi connectivity index (χ1n) is 7.62. The maximum atomic E-state index is 9.58. The predicted octanol–water partition coefficient (Wildman–Crippen LogP) is 3.99. The van der Waals surface area contributed by atoms with E-state index in [9.17, 15) is 10.3 Å². The highest BCUT2D eigenvalue weighted by atomic mass is 16.4. The van der Waals surface area contributed by atoms with Gasteiger partial charge in [0.25, 0.3) is 0 Å². The summed E-state index contributed by atoms with van der Waals surface area (Å²) in [7, 11) is 0. The lowest BCUT2D eigenvalue weighted by Gasteiger charge is -2.11. The first kappa shape index (κ1) is 15.7. The van der Waals surface area contributed by atoms with Crippen LogP contribution < -0.4 is 5.73 Å². The fourth-order valence-electron chi connectivity index (χ4n) is 2.95. The van der Waals surface area contributed by atoms with Crippen LogP contribution in [-0.4, -0.2) is 20.8 Å². The van der Waals surface area contributed by atoms with Crippen LogP contribution in [0.2, 0.25) is 0 Å². The molecule has 3 rings (SSSR count). The van der Waals surface area contributed by atoms with E-state index in [-0.39, 0.29) is 11.7 Å². The van der Waals surface area contributed by atoms with Crippen LogP contribution in [0.15, 0.2) is 59.8 Å². The second-order valence-electron chi connectivity index (χ2n) is 5.55. The topological polar surface area (TPSA) is 83.8 Å². The molecule has 2 aromatic carbocycles. The minimum atomic E-state index is 0.00688. The lowest BCUT2D eigenvalue weighted by Crippen LogP contribution is -2.23. The third-order valence-corrected chi connectivity index (χ3v) is 4.17. The molecule has 1 heterocycles. The highest BCUT2D eigenvalue weighted by Gasteiger charge is 2.21. The Kier molecular flexibility index (Phi) is 4.00. The number of fused-ring (bicyclic) bond motifs is 1. The van der Waals surface area contributed by atoms with Crippen molar-refractivity contribution in [2.45, 2.75) is 13.8 Å². The van der Waals surface area contributed by atoms with Gasteiger partial charge in [0.15, 0.2) is 0 Å². The van der Waals surface area contributed by atoms with Gasteiger partial charge in [0.1, 0.15) is 5.75 Å². The fraction of sp³-hybridized carbons (Fsp3) is 0.105. The number of phenols is 1. The van der Waals surface area contributed by atoms with Crippen molar-refractivity contribution in [3.8, 4) is 16.9 Å². The zero-order chi connectivity index (χ0) is 17.3. The zero-order valence-electron chi connectivity index (χ0n) is 13.6. The van der Waals surface area contributed by atoms with Crippen LogP contribution in [0.5, 0.6) is 5.75 Å². The number of hydrogen-bond acceptors (Lipinski definition) is 3. The molecule has 0 fully saturated rings. The predicted molar refractivity (Wildman–Crippen MR) is 97.2 cm³/mol. The zero-order valence-corrected chi connectivity index (χ0v) is 13.6. The SMILES string of the molecule is CC=C(C)c1c(-c2ccc(O)cc2)c2ccccc2n1C(N)=NO. The molecule has 5 heteroatoms. The summed E-state index contributed by atoms with van der Waals surface area (Å²) in [5.41, 5.74) is 10.6. The van der Waals surface area contributed by atoms with Gasteiger partial charge in [-0.15, -0.1) is 0 Å². The number of aromatic hydroxyl groups is 1. The third-order valence-electron chi connectivity index (χ3n) is 4.17. The molecule has 0 unspecified atom stereocenters. The van der Waals surface area contributed by atoms with Crippen molar-refractivity contribution in [2.24, 2.45) is 10.9 Å². The average Bonchev–Trinajstić information content (AvgIpc) is 2.96. The summed E-state index contributed by atoms with van der Waals surface area (Å²) in [5, 5.41) is 23.0. The molecule has 0 atom stereocenters. The standard InChI is InChI=1S/C19H19N3O2/c1-3-12(2)18-17(13-8-10-14(23)11-9-13)15-6-4-5-7-16(15)22(18)19(20)21-24/h3-11,23-24H,1-2H3,(H2,20,21). The van der Waals surface area contributed by atoms with E-state index in [0.717, 1.165) is 33.3 Å². The molecule has 0 spiro atoms. The summed E-state index contributed by atoms with van der Waals surface area (Å²) in [6.45, 7) is 3.93. The van der Waals surface area contributed by atoms with Crippen LogP contribution in [0.25, 0.3) is 27.6 Å². The van der Waals surface area contributed by atoms with E-state index < -0.39 is 0 Å². The van der Waals surface area contributed by atoms with Crippen molar-refractivity contribution in [3.05, 3.63) is 60.3 Å². The van der Waals surface area contributed by atoms with E-state index in [4.69, 9.17) is 5.73 Å². The summed E-state index contributed by atoms with van der Waals surface area (Å²) < 4.78 is 1.74. The maximum Gasteiger partial charge on any atom is 0.242 e. The molecule has 0 saturated heterocycles. The molecule has 4 N–H and O–H groups in total. The lowest BCUT2D eigenvalue weighted by molar-refractivity contribution is 0.316. The quantitative estimate of drug-likeness (QED) is 0.289. The summed E-state index contributed by atoms with van der Waals surface area (Å²) in [6, 6.07) is 14.8. The summed E-state index contributed by atoms with van der Waals surface area (Å²) >= 11 is 0. The molecule has 0 amide bonds. The Morgan fingerprint density at radius 1 is 1.12 bits per heavy atom. The molecule has 122 valence electrons. The number of oxime groups is 1. The molecule has 3 aromatic rings. The van der Waals surface area contributed by atoms with Crippen molar-refractivity contribution in [1.29, 1.82) is 0 Å². The van der Waals surface area contributed by atoms with Gasteiger partial charge in [0, 0.05) is 10.9 Å². The average molecular weight is 321 g/mol. The molecule has 0 aliphatic rings. The van der Waals surface area contributed by atoms with Crippen molar-refractivity contribution in [2.75, 3.05) is 0 Å². The van der Waals surface area contributed by atoms with Gasteiger partial charge in [-0.2, -0.15) is 0 Å². The van der Waals surface area contributed by atoms with Gasteiger partial charge in [-0.25, -0.2) is 0 Å². The lowest BCUT2D eigenvalue weighted by atomic mass is 9.99. The van der Waals surface area contributed by atoms with Crippen LogP contribution in [0, 0.1) is 0 Å². The molecule has 24 heavy (non-hydrogen) atoms. The molecule has 1 aromatic heterocycles. The Bertz CT molecular complexity index is 951. The molecule has 0 saturated carbocycles. The van der Waals surface area contributed by atoms with Crippen molar-refractivity contribution < 1.29 is 10.3 Å². The smallest absolute Gasteiger partial charge is 0.242 e. The van der Waals surface area contributed by atoms with Crippen LogP contribution in [0.1, 0.15) is 19.5 Å².